The molecule has 15 heteroatoms. The molecule has 0 saturated carbocycles. The Balaban J connectivity index is 3.05. The van der Waals surface area contributed by atoms with Crippen LogP contribution in [0.3, 0.4) is 0 Å². The van der Waals surface area contributed by atoms with Gasteiger partial charge in [0.1, 0.15) is 6.04 Å². The number of thiazole rings is 1. The van der Waals surface area contributed by atoms with Crippen LogP contribution in [-0.4, -0.2) is 69.2 Å². The third-order valence-electron chi connectivity index (χ3n) is 5.16. The van der Waals surface area contributed by atoms with Gasteiger partial charge < -0.3 is 20.7 Å². The first kappa shape index (κ1) is 28.8. The summed E-state index contributed by atoms with van der Waals surface area (Å²) in [5, 5.41) is 34.7. The highest BCUT2D eigenvalue weighted by atomic mass is 32.1. The van der Waals surface area contributed by atoms with Gasteiger partial charge in [0, 0.05) is 18.6 Å². The molecule has 0 unspecified atom stereocenters. The van der Waals surface area contributed by atoms with Crippen molar-refractivity contribution in [3.05, 3.63) is 21.7 Å². The number of hydrogen-bond acceptors (Lipinski definition) is 9. The highest BCUT2D eigenvalue weighted by Gasteiger charge is 2.34. The molecule has 1 aromatic rings. The molecular formula is C19H32N8O6S. The molecule has 0 saturated heterocycles. The SMILES string of the molecule is CC(C)C[C@@H](C(=O)N[C@H](C(=O)Nc1nccs1)[C@H](C)CCN(C)N=N[N+](=O)[O-])[C@H](C)N(O)C=O. The summed E-state index contributed by atoms with van der Waals surface area (Å²) in [5.41, 5.74) is 0. The number of nitrogens with zero attached hydrogens (tertiary/aromatic N) is 6. The Morgan fingerprint density at radius 2 is 2.00 bits per heavy atom. The van der Waals surface area contributed by atoms with Crippen molar-refractivity contribution in [1.82, 2.24) is 20.4 Å². The molecule has 0 fully saturated rings. The van der Waals surface area contributed by atoms with Crippen LogP contribution < -0.4 is 10.6 Å². The molecule has 0 radical (unpaired) electrons. The van der Waals surface area contributed by atoms with Crippen molar-refractivity contribution in [2.45, 2.75) is 52.6 Å². The van der Waals surface area contributed by atoms with Crippen molar-refractivity contribution in [3.8, 4) is 0 Å². The molecule has 0 bridgehead atoms. The van der Waals surface area contributed by atoms with Gasteiger partial charge in [0.2, 0.25) is 23.4 Å². The van der Waals surface area contributed by atoms with E-state index in [2.05, 4.69) is 26.1 Å². The number of hydrogen-bond donors (Lipinski definition) is 3. The molecule has 190 valence electrons. The lowest BCUT2D eigenvalue weighted by atomic mass is 9.89. The van der Waals surface area contributed by atoms with E-state index in [4.69, 9.17) is 0 Å². The van der Waals surface area contributed by atoms with Crippen molar-refractivity contribution in [3.63, 3.8) is 0 Å². The predicted octanol–water partition coefficient (Wildman–Crippen LogP) is 1.98. The third kappa shape index (κ3) is 9.74. The number of anilines is 1. The molecule has 1 rings (SSSR count). The second kappa shape index (κ2) is 14.1. The topological polar surface area (TPSA) is 183 Å². The van der Waals surface area contributed by atoms with Crippen LogP contribution in [0.25, 0.3) is 0 Å². The van der Waals surface area contributed by atoms with Crippen LogP contribution in [0.1, 0.15) is 40.5 Å². The monoisotopic (exact) mass is 500 g/mol. The molecule has 3 amide bonds. The van der Waals surface area contributed by atoms with E-state index in [0.29, 0.717) is 23.0 Å². The summed E-state index contributed by atoms with van der Waals surface area (Å²) in [6, 6.07) is -1.80. The van der Waals surface area contributed by atoms with E-state index in [1.807, 2.05) is 13.8 Å². The summed E-state index contributed by atoms with van der Waals surface area (Å²) in [5.74, 6) is -2.08. The molecule has 3 N–H and O–H groups in total. The number of aromatic nitrogens is 1. The van der Waals surface area contributed by atoms with Gasteiger partial charge in [-0.15, -0.1) is 11.3 Å². The van der Waals surface area contributed by atoms with Gasteiger partial charge in [-0.2, -0.15) is 5.01 Å². The largest absolute Gasteiger partial charge is 0.344 e. The normalized spacial score (nSPS) is 14.8. The Morgan fingerprint density at radius 3 is 2.53 bits per heavy atom. The summed E-state index contributed by atoms with van der Waals surface area (Å²) < 4.78 is 0. The molecule has 4 atom stereocenters. The standard InChI is InChI=1S/C19H32N8O6S/c1-12(2)10-15(14(4)26(31)11-28)17(29)21-16(18(30)22-19-20-7-9-34-19)13(3)6-8-25(5)23-24-27(32)33/h7,9,11-16,31H,6,8,10H2,1-5H3,(H,21,29)(H,20,22,30)/t13-,14+,15-,16+/m1/s1. The summed E-state index contributed by atoms with van der Waals surface area (Å²) in [4.78, 5) is 51.6. The van der Waals surface area contributed by atoms with Gasteiger partial charge in [0.15, 0.2) is 10.4 Å². The highest BCUT2D eigenvalue weighted by molar-refractivity contribution is 7.13. The summed E-state index contributed by atoms with van der Waals surface area (Å²) in [6.45, 7) is 7.33. The molecule has 14 nitrogen and oxygen atoms in total. The van der Waals surface area contributed by atoms with Gasteiger partial charge in [-0.25, -0.2) is 10.0 Å². The van der Waals surface area contributed by atoms with Crippen LogP contribution in [0, 0.1) is 27.9 Å². The molecule has 0 spiro atoms. The lowest BCUT2D eigenvalue weighted by Gasteiger charge is -2.31. The molecule has 1 heterocycles. The first-order valence-corrected chi connectivity index (χ1v) is 11.5. The van der Waals surface area contributed by atoms with E-state index in [0.717, 1.165) is 0 Å². The zero-order valence-electron chi connectivity index (χ0n) is 19.8. The Kier molecular flexibility index (Phi) is 12.0. The van der Waals surface area contributed by atoms with E-state index < -0.39 is 40.8 Å². The second-order valence-corrected chi connectivity index (χ2v) is 9.23. The number of carbonyl (C=O) groups is 3. The Hall–Kier alpha value is -3.20. The summed E-state index contributed by atoms with van der Waals surface area (Å²) in [6.07, 6.45) is 2.48. The highest BCUT2D eigenvalue weighted by Crippen LogP contribution is 2.21. The van der Waals surface area contributed by atoms with E-state index in [1.54, 1.807) is 19.2 Å². The minimum Gasteiger partial charge on any atom is -0.344 e. The van der Waals surface area contributed by atoms with E-state index in [1.165, 1.54) is 29.6 Å². The maximum atomic E-state index is 13.2. The zero-order valence-corrected chi connectivity index (χ0v) is 20.6. The first-order valence-electron chi connectivity index (χ1n) is 10.7. The van der Waals surface area contributed by atoms with Gasteiger partial charge in [-0.1, -0.05) is 20.8 Å². The molecular weight excluding hydrogens is 468 g/mol. The number of carbonyl (C=O) groups excluding carboxylic acids is 3. The molecule has 34 heavy (non-hydrogen) atoms. The summed E-state index contributed by atoms with van der Waals surface area (Å²) in [7, 11) is 1.50. The van der Waals surface area contributed by atoms with Crippen molar-refractivity contribution < 1.29 is 24.6 Å². The molecule has 0 aliphatic heterocycles. The Labute approximate surface area is 201 Å². The lowest BCUT2D eigenvalue weighted by molar-refractivity contribution is -0.496. The first-order chi connectivity index (χ1) is 16.0. The Bertz CT molecular complexity index is 837. The van der Waals surface area contributed by atoms with Crippen LogP contribution in [0.2, 0.25) is 0 Å². The third-order valence-corrected chi connectivity index (χ3v) is 5.84. The lowest BCUT2D eigenvalue weighted by Crippen LogP contribution is -2.53. The number of hydroxylamine groups is 2. The average Bonchev–Trinajstić information content (AvgIpc) is 3.29. The molecule has 0 aliphatic carbocycles. The second-order valence-electron chi connectivity index (χ2n) is 8.34. The van der Waals surface area contributed by atoms with Crippen molar-refractivity contribution in [2.24, 2.45) is 28.2 Å². The van der Waals surface area contributed by atoms with Gasteiger partial charge in [0.05, 0.1) is 23.5 Å². The summed E-state index contributed by atoms with van der Waals surface area (Å²) >= 11 is 1.22. The fraction of sp³-hybridized carbons (Fsp3) is 0.684. The van der Waals surface area contributed by atoms with Crippen LogP contribution in [-0.2, 0) is 14.4 Å². The zero-order chi connectivity index (χ0) is 25.8. The number of nitro groups is 1. The van der Waals surface area contributed by atoms with E-state index in [9.17, 15) is 29.7 Å². The molecule has 0 aliphatic rings. The van der Waals surface area contributed by atoms with Crippen molar-refractivity contribution >= 4 is 34.7 Å². The smallest absolute Gasteiger partial charge is 0.249 e. The van der Waals surface area contributed by atoms with Gasteiger partial charge in [0.25, 0.3) is 0 Å². The number of rotatable bonds is 15. The minimum atomic E-state index is -0.984. The fourth-order valence-corrected chi connectivity index (χ4v) is 3.74. The average molecular weight is 501 g/mol. The van der Waals surface area contributed by atoms with Gasteiger partial charge >= 0.3 is 0 Å². The van der Waals surface area contributed by atoms with Gasteiger partial charge in [-0.3, -0.25) is 19.6 Å². The van der Waals surface area contributed by atoms with Crippen LogP contribution in [0.4, 0.5) is 5.13 Å². The maximum Gasteiger partial charge on any atom is 0.249 e. The number of amides is 3. The minimum absolute atomic E-state index is 0.0823. The molecule has 0 aromatic carbocycles. The van der Waals surface area contributed by atoms with Crippen molar-refractivity contribution in [2.75, 3.05) is 18.9 Å². The Morgan fingerprint density at radius 1 is 1.32 bits per heavy atom. The van der Waals surface area contributed by atoms with Crippen LogP contribution in [0.15, 0.2) is 22.0 Å². The van der Waals surface area contributed by atoms with Crippen LogP contribution >= 0.6 is 11.3 Å². The van der Waals surface area contributed by atoms with E-state index >= 15 is 0 Å². The number of nitrogens with one attached hydrogen (secondary N) is 2. The maximum absolute atomic E-state index is 13.2. The fourth-order valence-electron chi connectivity index (χ4n) is 3.21. The van der Waals surface area contributed by atoms with Crippen LogP contribution in [0.5, 0.6) is 0 Å². The predicted molar refractivity (Wildman–Crippen MR) is 123 cm³/mol. The van der Waals surface area contributed by atoms with Crippen molar-refractivity contribution in [1.29, 1.82) is 0 Å². The molecule has 1 aromatic heterocycles. The quantitative estimate of drug-likeness (QED) is 0.107. The van der Waals surface area contributed by atoms with Gasteiger partial charge in [-0.05, 0) is 31.6 Å². The van der Waals surface area contributed by atoms with E-state index in [-0.39, 0.29) is 18.9 Å².